The minimum absolute atomic E-state index is 0.0253. The van der Waals surface area contributed by atoms with Crippen molar-refractivity contribution in [1.29, 1.82) is 0 Å². The highest BCUT2D eigenvalue weighted by Gasteiger charge is 2.16. The highest BCUT2D eigenvalue weighted by atomic mass is 35.5. The lowest BCUT2D eigenvalue weighted by atomic mass is 10.4. The smallest absolute Gasteiger partial charge is 0.329 e. The Morgan fingerprint density at radius 3 is 3.05 bits per heavy atom. The van der Waals surface area contributed by atoms with Gasteiger partial charge in [-0.2, -0.15) is 4.98 Å². The SMILES string of the molecule is O=[N+]([O-])c1cnc(Cl)nc1NCCCn1ccnc1. The van der Waals surface area contributed by atoms with E-state index in [4.69, 9.17) is 11.6 Å². The van der Waals surface area contributed by atoms with Crippen LogP contribution < -0.4 is 5.32 Å². The molecular formula is C10H11ClN6O2. The van der Waals surface area contributed by atoms with Crippen LogP contribution in [-0.4, -0.2) is 31.0 Å². The molecule has 0 saturated carbocycles. The number of nitrogens with one attached hydrogen (secondary N) is 1. The number of imidazole rings is 1. The lowest BCUT2D eigenvalue weighted by Crippen LogP contribution is -2.09. The molecule has 0 atom stereocenters. The Labute approximate surface area is 113 Å². The van der Waals surface area contributed by atoms with Crippen LogP contribution in [0.2, 0.25) is 5.28 Å². The van der Waals surface area contributed by atoms with Gasteiger partial charge in [0.25, 0.3) is 0 Å². The van der Waals surface area contributed by atoms with E-state index in [0.29, 0.717) is 6.54 Å². The summed E-state index contributed by atoms with van der Waals surface area (Å²) in [5, 5.41) is 13.6. The van der Waals surface area contributed by atoms with Gasteiger partial charge in [-0.25, -0.2) is 9.97 Å². The summed E-state index contributed by atoms with van der Waals surface area (Å²) in [4.78, 5) is 21.6. The first-order valence-electron chi connectivity index (χ1n) is 5.53. The number of rotatable bonds is 6. The zero-order valence-corrected chi connectivity index (χ0v) is 10.6. The fourth-order valence-electron chi connectivity index (χ4n) is 1.51. The molecule has 0 unspecified atom stereocenters. The van der Waals surface area contributed by atoms with Crippen LogP contribution in [0.1, 0.15) is 6.42 Å². The molecule has 100 valence electrons. The van der Waals surface area contributed by atoms with Crippen molar-refractivity contribution in [2.75, 3.05) is 11.9 Å². The zero-order valence-electron chi connectivity index (χ0n) is 9.86. The number of halogens is 1. The summed E-state index contributed by atoms with van der Waals surface area (Å²) in [6.07, 6.45) is 7.12. The Bertz CT molecular complexity index is 559. The van der Waals surface area contributed by atoms with Crippen LogP contribution >= 0.6 is 11.6 Å². The van der Waals surface area contributed by atoms with E-state index in [2.05, 4.69) is 20.3 Å². The predicted molar refractivity (Wildman–Crippen MR) is 69.0 cm³/mol. The quantitative estimate of drug-likeness (QED) is 0.375. The molecule has 9 heteroatoms. The highest BCUT2D eigenvalue weighted by Crippen LogP contribution is 2.21. The van der Waals surface area contributed by atoms with Crippen molar-refractivity contribution in [3.63, 3.8) is 0 Å². The van der Waals surface area contributed by atoms with Crippen LogP contribution in [0.4, 0.5) is 11.5 Å². The Balaban J connectivity index is 1.91. The summed E-state index contributed by atoms with van der Waals surface area (Å²) in [7, 11) is 0. The molecule has 0 radical (unpaired) electrons. The Hall–Kier alpha value is -2.22. The molecule has 1 N–H and O–H groups in total. The van der Waals surface area contributed by atoms with E-state index in [1.165, 1.54) is 0 Å². The predicted octanol–water partition coefficient (Wildman–Crippen LogP) is 1.74. The summed E-state index contributed by atoms with van der Waals surface area (Å²) in [6, 6.07) is 0. The molecule has 2 rings (SSSR count). The molecule has 0 aliphatic rings. The molecule has 0 aromatic carbocycles. The first-order valence-corrected chi connectivity index (χ1v) is 5.91. The van der Waals surface area contributed by atoms with Gasteiger partial charge in [0.1, 0.15) is 6.20 Å². The van der Waals surface area contributed by atoms with E-state index in [9.17, 15) is 10.1 Å². The summed E-state index contributed by atoms with van der Waals surface area (Å²) in [6.45, 7) is 1.30. The molecule has 0 amide bonds. The van der Waals surface area contributed by atoms with E-state index < -0.39 is 4.92 Å². The van der Waals surface area contributed by atoms with Crippen molar-refractivity contribution < 1.29 is 4.92 Å². The summed E-state index contributed by atoms with van der Waals surface area (Å²) >= 11 is 5.62. The summed E-state index contributed by atoms with van der Waals surface area (Å²) in [5.41, 5.74) is -0.188. The number of hydrogen-bond donors (Lipinski definition) is 1. The first kappa shape index (κ1) is 13.2. The van der Waals surface area contributed by atoms with Gasteiger partial charge in [0.15, 0.2) is 0 Å². The van der Waals surface area contributed by atoms with Crippen LogP contribution in [0.5, 0.6) is 0 Å². The summed E-state index contributed by atoms with van der Waals surface area (Å²) in [5.74, 6) is 0.135. The minimum Gasteiger partial charge on any atom is -0.364 e. The Morgan fingerprint density at radius 2 is 2.37 bits per heavy atom. The normalized spacial score (nSPS) is 10.4. The lowest BCUT2D eigenvalue weighted by Gasteiger charge is -2.06. The third-order valence-corrected chi connectivity index (χ3v) is 2.56. The maximum atomic E-state index is 10.8. The number of hydrogen-bond acceptors (Lipinski definition) is 6. The molecule has 0 bridgehead atoms. The van der Waals surface area contributed by atoms with Gasteiger partial charge in [-0.3, -0.25) is 10.1 Å². The largest absolute Gasteiger partial charge is 0.364 e. The van der Waals surface area contributed by atoms with Crippen molar-refractivity contribution in [3.05, 3.63) is 40.3 Å². The highest BCUT2D eigenvalue weighted by molar-refractivity contribution is 6.28. The molecule has 2 heterocycles. The molecule has 0 saturated heterocycles. The van der Waals surface area contributed by atoms with Crippen LogP contribution in [0, 0.1) is 10.1 Å². The van der Waals surface area contributed by atoms with Gasteiger partial charge in [0.2, 0.25) is 11.1 Å². The van der Waals surface area contributed by atoms with Crippen molar-refractivity contribution in [2.45, 2.75) is 13.0 Å². The second-order valence-electron chi connectivity index (χ2n) is 3.71. The van der Waals surface area contributed by atoms with Crippen molar-refractivity contribution in [2.24, 2.45) is 0 Å². The van der Waals surface area contributed by atoms with Gasteiger partial charge in [0.05, 0.1) is 11.3 Å². The third kappa shape index (κ3) is 3.62. The number of nitrogens with zero attached hydrogens (tertiary/aromatic N) is 5. The molecule has 0 spiro atoms. The fraction of sp³-hybridized carbons (Fsp3) is 0.300. The van der Waals surface area contributed by atoms with E-state index in [1.807, 2.05) is 10.8 Å². The average Bonchev–Trinajstić information content (AvgIpc) is 2.87. The molecule has 0 fully saturated rings. The number of aryl methyl sites for hydroxylation is 1. The van der Waals surface area contributed by atoms with Gasteiger partial charge >= 0.3 is 5.69 Å². The standard InChI is InChI=1S/C10H11ClN6O2/c11-10-14-6-8(17(18)19)9(15-10)13-2-1-4-16-5-3-12-7-16/h3,5-7H,1-2,4H2,(H,13,14,15). The van der Waals surface area contributed by atoms with Crippen molar-refractivity contribution in [3.8, 4) is 0 Å². The maximum absolute atomic E-state index is 10.8. The second-order valence-corrected chi connectivity index (χ2v) is 4.05. The topological polar surface area (TPSA) is 98.8 Å². The first-order chi connectivity index (χ1) is 9.16. The minimum atomic E-state index is -0.547. The van der Waals surface area contributed by atoms with Gasteiger partial charge in [-0.05, 0) is 18.0 Å². The van der Waals surface area contributed by atoms with E-state index >= 15 is 0 Å². The number of nitro groups is 1. The van der Waals surface area contributed by atoms with Crippen LogP contribution in [0.25, 0.3) is 0 Å². The number of anilines is 1. The molecule has 0 aliphatic heterocycles. The van der Waals surface area contributed by atoms with Gasteiger partial charge < -0.3 is 9.88 Å². The third-order valence-electron chi connectivity index (χ3n) is 2.38. The van der Waals surface area contributed by atoms with Crippen LogP contribution in [-0.2, 0) is 6.54 Å². The van der Waals surface area contributed by atoms with Crippen LogP contribution in [0.15, 0.2) is 24.9 Å². The molecule has 8 nitrogen and oxygen atoms in total. The monoisotopic (exact) mass is 282 g/mol. The molecule has 0 aliphatic carbocycles. The van der Waals surface area contributed by atoms with E-state index in [-0.39, 0.29) is 16.8 Å². The van der Waals surface area contributed by atoms with Gasteiger partial charge in [-0.1, -0.05) is 0 Å². The molecule has 19 heavy (non-hydrogen) atoms. The molecule has 2 aromatic heterocycles. The van der Waals surface area contributed by atoms with E-state index in [1.54, 1.807) is 12.5 Å². The fourth-order valence-corrected chi connectivity index (χ4v) is 1.64. The lowest BCUT2D eigenvalue weighted by molar-refractivity contribution is -0.384. The van der Waals surface area contributed by atoms with Gasteiger partial charge in [-0.15, -0.1) is 0 Å². The van der Waals surface area contributed by atoms with Crippen molar-refractivity contribution >= 4 is 23.1 Å². The average molecular weight is 283 g/mol. The molecule has 2 aromatic rings. The zero-order chi connectivity index (χ0) is 13.7. The van der Waals surface area contributed by atoms with Crippen LogP contribution in [0.3, 0.4) is 0 Å². The Morgan fingerprint density at radius 1 is 1.53 bits per heavy atom. The van der Waals surface area contributed by atoms with Crippen molar-refractivity contribution in [1.82, 2.24) is 19.5 Å². The molecular weight excluding hydrogens is 272 g/mol. The van der Waals surface area contributed by atoms with E-state index in [0.717, 1.165) is 19.2 Å². The number of aromatic nitrogens is 4. The van der Waals surface area contributed by atoms with Gasteiger partial charge in [0, 0.05) is 25.5 Å². The maximum Gasteiger partial charge on any atom is 0.329 e. The second kappa shape index (κ2) is 6.10. The Kier molecular flexibility index (Phi) is 4.24. The summed E-state index contributed by atoms with van der Waals surface area (Å²) < 4.78 is 1.92.